The summed E-state index contributed by atoms with van der Waals surface area (Å²) in [7, 11) is 0. The second-order valence-electron chi connectivity index (χ2n) is 21.1. The van der Waals surface area contributed by atoms with Crippen molar-refractivity contribution in [2.45, 2.75) is 158 Å². The number of carbonyl (C=O) groups excluding carboxylic acids is 12. The summed E-state index contributed by atoms with van der Waals surface area (Å²) >= 11 is 1.41. The van der Waals surface area contributed by atoms with Crippen molar-refractivity contribution in [2.24, 2.45) is 5.73 Å². The lowest BCUT2D eigenvalue weighted by Gasteiger charge is -2.32. The number of aliphatic hydroxyl groups is 2. The molecule has 5 rings (SSSR count). The van der Waals surface area contributed by atoms with Crippen LogP contribution in [-0.4, -0.2) is 199 Å². The summed E-state index contributed by atoms with van der Waals surface area (Å²) < 4.78 is 0. The van der Waals surface area contributed by atoms with Crippen LogP contribution in [0.3, 0.4) is 0 Å². The number of aliphatic hydroxyl groups excluding tert-OH is 2. The van der Waals surface area contributed by atoms with Gasteiger partial charge in [0.15, 0.2) is 5.78 Å². The number of likely N-dealkylation sites (tertiary alicyclic amines) is 2. The van der Waals surface area contributed by atoms with Gasteiger partial charge in [-0.2, -0.15) is 11.8 Å². The molecule has 2 aromatic carbocycles. The van der Waals surface area contributed by atoms with Crippen LogP contribution in [0.2, 0.25) is 0 Å². The van der Waals surface area contributed by atoms with Gasteiger partial charge in [0.25, 0.3) is 0 Å². The Morgan fingerprint density at radius 1 is 0.624 bits per heavy atom. The molecule has 28 heteroatoms. The Hall–Kier alpha value is -8.24. The molecule has 2 aliphatic heterocycles. The lowest BCUT2D eigenvalue weighted by Crippen LogP contribution is -2.62. The zero-order valence-corrected chi connectivity index (χ0v) is 49.1. The molecule has 11 atom stereocenters. The van der Waals surface area contributed by atoms with Crippen LogP contribution >= 0.6 is 11.8 Å². The van der Waals surface area contributed by atoms with Crippen LogP contribution < -0.4 is 48.3 Å². The van der Waals surface area contributed by atoms with Gasteiger partial charge in [-0.3, -0.25) is 57.5 Å². The summed E-state index contributed by atoms with van der Waals surface area (Å²) in [6.07, 6.45) is 3.15. The number of ketones is 1. The molecule has 2 fully saturated rings. The number of rotatable bonds is 32. The third-order valence-electron chi connectivity index (χ3n) is 14.5. The van der Waals surface area contributed by atoms with E-state index in [0.29, 0.717) is 29.0 Å². The maximum Gasteiger partial charge on any atom is 0.248 e. The fourth-order valence-corrected chi connectivity index (χ4v) is 10.3. The first-order valence-corrected chi connectivity index (χ1v) is 29.5. The van der Waals surface area contributed by atoms with E-state index in [2.05, 4.69) is 52.5 Å². The summed E-state index contributed by atoms with van der Waals surface area (Å²) in [5.74, 6) is -8.51. The predicted octanol–water partition coefficient (Wildman–Crippen LogP) is -2.68. The number of aromatic nitrogens is 2. The van der Waals surface area contributed by atoms with E-state index in [1.54, 1.807) is 66.9 Å². The first kappa shape index (κ1) is 67.5. The Labute approximate surface area is 496 Å². The monoisotopic (exact) mass is 1200 g/mol. The van der Waals surface area contributed by atoms with Crippen LogP contribution in [0.15, 0.2) is 73.2 Å². The number of imidazole rings is 1. The highest BCUT2D eigenvalue weighted by molar-refractivity contribution is 7.98. The largest absolute Gasteiger partial charge is 0.394 e. The van der Waals surface area contributed by atoms with E-state index in [1.807, 2.05) is 0 Å². The third kappa shape index (κ3) is 20.5. The van der Waals surface area contributed by atoms with Gasteiger partial charge in [0.05, 0.1) is 25.1 Å². The molecule has 0 spiro atoms. The van der Waals surface area contributed by atoms with Crippen LogP contribution in [0, 0.1) is 0 Å². The highest BCUT2D eigenvalue weighted by Gasteiger charge is 2.43. The molecular formula is C57H79N13O14S. The van der Waals surface area contributed by atoms with Gasteiger partial charge >= 0.3 is 0 Å². The van der Waals surface area contributed by atoms with Crippen molar-refractivity contribution in [1.29, 1.82) is 0 Å². The lowest BCUT2D eigenvalue weighted by molar-refractivity contribution is -0.145. The molecule has 3 heterocycles. The van der Waals surface area contributed by atoms with E-state index in [4.69, 9.17) is 5.73 Å². The van der Waals surface area contributed by atoms with Gasteiger partial charge in [-0.05, 0) is 82.4 Å². The molecule has 462 valence electrons. The molecule has 2 aliphatic rings. The van der Waals surface area contributed by atoms with Crippen LogP contribution in [0.1, 0.15) is 89.5 Å². The fourth-order valence-electron chi connectivity index (χ4n) is 9.83. The molecule has 0 radical (unpaired) electrons. The third-order valence-corrected chi connectivity index (χ3v) is 15.2. The normalized spacial score (nSPS) is 17.9. The maximum absolute atomic E-state index is 14.6. The molecule has 0 saturated carbocycles. The molecule has 1 aromatic heterocycles. The lowest BCUT2D eigenvalue weighted by atomic mass is 10.0. The fraction of sp³-hybridized carbons (Fsp3) is 0.526. The summed E-state index contributed by atoms with van der Waals surface area (Å²) in [6.45, 7) is 4.33. The van der Waals surface area contributed by atoms with Crippen molar-refractivity contribution < 1.29 is 67.7 Å². The minimum Gasteiger partial charge on any atom is -0.394 e. The van der Waals surface area contributed by atoms with Gasteiger partial charge in [-0.25, -0.2) is 4.98 Å². The Morgan fingerprint density at radius 3 is 1.58 bits per heavy atom. The van der Waals surface area contributed by atoms with Crippen LogP contribution in [0.4, 0.5) is 0 Å². The molecule has 11 amide bonds. The Kier molecular flexibility index (Phi) is 26.5. The maximum atomic E-state index is 14.6. The van der Waals surface area contributed by atoms with E-state index < -0.39 is 138 Å². The highest BCUT2D eigenvalue weighted by atomic mass is 32.2. The van der Waals surface area contributed by atoms with Crippen LogP contribution in [-0.2, 0) is 76.8 Å². The number of nitrogens with two attached hydrogens (primary N) is 1. The van der Waals surface area contributed by atoms with Gasteiger partial charge in [0.2, 0.25) is 65.0 Å². The van der Waals surface area contributed by atoms with Crippen molar-refractivity contribution in [3.05, 3.63) is 90.0 Å². The minimum absolute atomic E-state index is 0.00613. The van der Waals surface area contributed by atoms with Crippen LogP contribution in [0.5, 0.6) is 0 Å². The zero-order valence-electron chi connectivity index (χ0n) is 48.3. The van der Waals surface area contributed by atoms with Crippen molar-refractivity contribution in [1.82, 2.24) is 62.3 Å². The number of thioether (sulfide) groups is 1. The average molecular weight is 1200 g/mol. The SMILES string of the molecule is CSCC[C@H](NC(C)=O)C(=O)N[C@@H](CCC(N)=O)C(=O)N[C@@H](CO)C(=O)N1CCC[C@H]1C(=O)N[C@@H](Cc1ccccc1)C(=O)N[C@H](C(=O)N1CCCC1C(=O)N[C@@H](Cc1cnc[nH]1)C(=O)NC(Cc1ccccc1)C(=O)N[C@@H](C)C(C)=O)C(C)O. The van der Waals surface area contributed by atoms with Crippen molar-refractivity contribution >= 4 is 82.5 Å². The number of hydrogen-bond acceptors (Lipinski definition) is 16. The number of amides is 11. The number of nitrogens with zero attached hydrogens (tertiary/aromatic N) is 3. The molecule has 13 N–H and O–H groups in total. The number of aromatic amines is 1. The van der Waals surface area contributed by atoms with E-state index in [-0.39, 0.29) is 76.7 Å². The number of nitrogens with one attached hydrogen (secondary N) is 9. The van der Waals surface area contributed by atoms with Gasteiger partial charge in [-0.15, -0.1) is 0 Å². The van der Waals surface area contributed by atoms with Gasteiger partial charge < -0.3 is 73.3 Å². The van der Waals surface area contributed by atoms with Crippen molar-refractivity contribution in [3.8, 4) is 0 Å². The van der Waals surface area contributed by atoms with E-state index in [1.165, 1.54) is 56.9 Å². The summed E-state index contributed by atoms with van der Waals surface area (Å²) in [5.41, 5.74) is 7.06. The first-order chi connectivity index (χ1) is 40.5. The minimum atomic E-state index is -1.68. The Morgan fingerprint density at radius 2 is 1.09 bits per heavy atom. The zero-order chi connectivity index (χ0) is 62.3. The van der Waals surface area contributed by atoms with Gasteiger partial charge in [-0.1, -0.05) is 60.7 Å². The summed E-state index contributed by atoms with van der Waals surface area (Å²) in [6, 6.07) is 4.20. The standard InChI is InChI=1S/C57H79N13O14S/c1-32(33(2)72)61-51(78)41(26-36-14-8-6-9-15-36)64-52(79)43(28-38-29-59-31-60-38)66-55(82)46-19-13-24-70(46)57(84)48(34(3)73)68-53(80)42(27-37-16-10-7-11-17-37)65-54(81)45-18-12-23-69(45)56(83)44(30-71)67-49(76)39(20-21-47(58)75)63-50(77)40(22-25-85-5)62-35(4)74/h6-11,14-17,29,31-32,34,39-46,48,71,73H,12-13,18-28,30H2,1-5H3,(H2,58,75)(H,59,60)(H,61,78)(H,62,74)(H,63,77)(H,64,79)(H,65,81)(H,66,82)(H,67,76)(H,68,80)/t32-,34?,39-,40-,41?,42-,43-,44-,45-,46?,48-/m0/s1. The highest BCUT2D eigenvalue weighted by Crippen LogP contribution is 2.22. The topological polar surface area (TPSA) is 403 Å². The van der Waals surface area contributed by atoms with E-state index >= 15 is 0 Å². The second kappa shape index (κ2) is 33.3. The average Bonchev–Trinajstić information content (AvgIpc) is 4.49. The number of Topliss-reactive ketones (excluding diaryl/α,β-unsaturated/α-hetero) is 1. The molecule has 0 bridgehead atoms. The first-order valence-electron chi connectivity index (χ1n) is 28.1. The van der Waals surface area contributed by atoms with E-state index in [9.17, 15) is 67.7 Å². The molecule has 0 aliphatic carbocycles. The smallest absolute Gasteiger partial charge is 0.248 e. The molecular weight excluding hydrogens is 1120 g/mol. The number of H-pyrrole nitrogens is 1. The van der Waals surface area contributed by atoms with E-state index in [0.717, 1.165) is 4.90 Å². The second-order valence-corrected chi connectivity index (χ2v) is 22.1. The Balaban J connectivity index is 1.32. The molecule has 3 unspecified atom stereocenters. The number of carbonyl (C=O) groups is 12. The number of benzene rings is 2. The summed E-state index contributed by atoms with van der Waals surface area (Å²) in [5, 5.41) is 42.4. The number of primary amides is 1. The van der Waals surface area contributed by atoms with Gasteiger partial charge in [0, 0.05) is 57.6 Å². The molecule has 85 heavy (non-hydrogen) atoms. The van der Waals surface area contributed by atoms with Crippen molar-refractivity contribution in [2.75, 3.05) is 31.7 Å². The quantitative estimate of drug-likeness (QED) is 0.0303. The number of hydrogen-bond donors (Lipinski definition) is 12. The molecule has 2 saturated heterocycles. The summed E-state index contributed by atoms with van der Waals surface area (Å²) in [4.78, 5) is 172. The molecule has 3 aromatic rings. The van der Waals surface area contributed by atoms with Crippen molar-refractivity contribution in [3.63, 3.8) is 0 Å². The predicted molar refractivity (Wildman–Crippen MR) is 310 cm³/mol. The van der Waals surface area contributed by atoms with Crippen LogP contribution in [0.25, 0.3) is 0 Å². The Bertz CT molecular complexity index is 2810. The molecule has 27 nitrogen and oxygen atoms in total. The van der Waals surface area contributed by atoms with Gasteiger partial charge in [0.1, 0.15) is 54.4 Å².